The molecule has 0 saturated heterocycles. The highest BCUT2D eigenvalue weighted by atomic mass is 19.4. The van der Waals surface area contributed by atoms with Crippen molar-refractivity contribution in [1.29, 1.82) is 0 Å². The summed E-state index contributed by atoms with van der Waals surface area (Å²) in [6.07, 6.45) is 3.19. The van der Waals surface area contributed by atoms with Crippen LogP contribution in [-0.4, -0.2) is 33.5 Å². The molecule has 0 aromatic carbocycles. The lowest BCUT2D eigenvalue weighted by Gasteiger charge is -2.31. The van der Waals surface area contributed by atoms with Gasteiger partial charge in [-0.15, -0.1) is 10.2 Å². The Morgan fingerprint density at radius 3 is 2.78 bits per heavy atom. The topological polar surface area (TPSA) is 42.7 Å². The Morgan fingerprint density at radius 1 is 1.09 bits per heavy atom. The van der Waals surface area contributed by atoms with Gasteiger partial charge in [-0.2, -0.15) is 13.2 Å². The lowest BCUT2D eigenvalue weighted by Crippen LogP contribution is -2.39. The highest BCUT2D eigenvalue weighted by molar-refractivity contribution is 4.98. The Bertz CT molecular complexity index is 512. The van der Waals surface area contributed by atoms with Gasteiger partial charge in [-0.25, -0.2) is 0 Å². The quantitative estimate of drug-likeness (QED) is 0.921. The molecule has 0 spiro atoms. The monoisotopic (exact) mass is 330 g/mol. The number of nitrogens with one attached hydrogen (secondary N) is 1. The van der Waals surface area contributed by atoms with Crippen molar-refractivity contribution in [3.63, 3.8) is 0 Å². The van der Waals surface area contributed by atoms with Crippen LogP contribution >= 0.6 is 0 Å². The zero-order valence-electron chi connectivity index (χ0n) is 13.4. The molecular formula is C16H25F3N4. The van der Waals surface area contributed by atoms with Crippen molar-refractivity contribution in [3.8, 4) is 0 Å². The summed E-state index contributed by atoms with van der Waals surface area (Å²) in [6, 6.07) is -0.0260. The van der Waals surface area contributed by atoms with Crippen LogP contribution < -0.4 is 5.32 Å². The number of alkyl halides is 3. The van der Waals surface area contributed by atoms with Crippen molar-refractivity contribution < 1.29 is 13.2 Å². The molecule has 2 heterocycles. The number of aryl methyl sites for hydroxylation is 1. The Labute approximate surface area is 134 Å². The second-order valence-electron chi connectivity index (χ2n) is 6.80. The van der Waals surface area contributed by atoms with Gasteiger partial charge in [-0.1, -0.05) is 12.8 Å². The SMILES string of the molecule is FC(F)(F)[C@H]1CCC[C@H](NCCc2nnc3n2CCCCC3)C1. The molecule has 1 aliphatic heterocycles. The molecule has 2 aliphatic rings. The maximum absolute atomic E-state index is 12.8. The molecule has 2 atom stereocenters. The molecule has 1 saturated carbocycles. The molecule has 0 radical (unpaired) electrons. The first-order chi connectivity index (χ1) is 11.0. The van der Waals surface area contributed by atoms with E-state index in [0.29, 0.717) is 13.0 Å². The molecule has 1 aromatic rings. The molecule has 0 amide bonds. The van der Waals surface area contributed by atoms with Gasteiger partial charge in [0.25, 0.3) is 0 Å². The van der Waals surface area contributed by atoms with Gasteiger partial charge in [0.05, 0.1) is 5.92 Å². The number of rotatable bonds is 4. The summed E-state index contributed by atoms with van der Waals surface area (Å²) in [7, 11) is 0. The molecule has 4 nitrogen and oxygen atoms in total. The minimum atomic E-state index is -4.05. The summed E-state index contributed by atoms with van der Waals surface area (Å²) in [5.74, 6) is 0.892. The van der Waals surface area contributed by atoms with Gasteiger partial charge in [-0.3, -0.25) is 0 Å². The van der Waals surface area contributed by atoms with Crippen LogP contribution in [0.15, 0.2) is 0 Å². The van der Waals surface area contributed by atoms with Gasteiger partial charge in [0.1, 0.15) is 11.6 Å². The van der Waals surface area contributed by atoms with E-state index in [1.807, 2.05) is 0 Å². The first-order valence-corrected chi connectivity index (χ1v) is 8.75. The molecule has 1 N–H and O–H groups in total. The van der Waals surface area contributed by atoms with E-state index in [2.05, 4.69) is 20.1 Å². The first kappa shape index (κ1) is 16.7. The largest absolute Gasteiger partial charge is 0.391 e. The second-order valence-corrected chi connectivity index (χ2v) is 6.80. The number of hydrogen-bond donors (Lipinski definition) is 1. The van der Waals surface area contributed by atoms with Crippen LogP contribution in [0.1, 0.15) is 56.6 Å². The van der Waals surface area contributed by atoms with Crippen LogP contribution in [0.5, 0.6) is 0 Å². The molecule has 130 valence electrons. The van der Waals surface area contributed by atoms with Crippen LogP contribution in [0, 0.1) is 5.92 Å². The molecule has 1 aliphatic carbocycles. The Kier molecular flexibility index (Phi) is 5.24. The van der Waals surface area contributed by atoms with Crippen LogP contribution in [0.4, 0.5) is 13.2 Å². The third-order valence-electron chi connectivity index (χ3n) is 5.10. The maximum atomic E-state index is 12.8. The summed E-state index contributed by atoms with van der Waals surface area (Å²) in [5.41, 5.74) is 0. The van der Waals surface area contributed by atoms with Crippen LogP contribution in [0.25, 0.3) is 0 Å². The lowest BCUT2D eigenvalue weighted by molar-refractivity contribution is -0.183. The van der Waals surface area contributed by atoms with Gasteiger partial charge in [0.2, 0.25) is 0 Å². The fourth-order valence-corrected chi connectivity index (χ4v) is 3.79. The van der Waals surface area contributed by atoms with Crippen molar-refractivity contribution in [1.82, 2.24) is 20.1 Å². The van der Waals surface area contributed by atoms with E-state index in [1.165, 1.54) is 6.42 Å². The van der Waals surface area contributed by atoms with E-state index in [-0.39, 0.29) is 18.9 Å². The molecule has 3 rings (SSSR count). The number of nitrogens with zero attached hydrogens (tertiary/aromatic N) is 3. The molecule has 1 fully saturated rings. The fraction of sp³-hybridized carbons (Fsp3) is 0.875. The van der Waals surface area contributed by atoms with Gasteiger partial charge >= 0.3 is 6.18 Å². The minimum Gasteiger partial charge on any atom is -0.315 e. The van der Waals surface area contributed by atoms with E-state index in [4.69, 9.17) is 0 Å². The zero-order chi connectivity index (χ0) is 16.3. The smallest absolute Gasteiger partial charge is 0.315 e. The van der Waals surface area contributed by atoms with Gasteiger partial charge in [-0.05, 0) is 32.1 Å². The van der Waals surface area contributed by atoms with Crippen LogP contribution in [-0.2, 0) is 19.4 Å². The van der Waals surface area contributed by atoms with E-state index < -0.39 is 12.1 Å². The maximum Gasteiger partial charge on any atom is 0.391 e. The molecule has 23 heavy (non-hydrogen) atoms. The zero-order valence-corrected chi connectivity index (χ0v) is 13.4. The first-order valence-electron chi connectivity index (χ1n) is 8.75. The second kappa shape index (κ2) is 7.20. The van der Waals surface area contributed by atoms with E-state index in [9.17, 15) is 13.2 Å². The highest BCUT2D eigenvalue weighted by Crippen LogP contribution is 2.37. The van der Waals surface area contributed by atoms with Gasteiger partial charge in [0.15, 0.2) is 0 Å². The van der Waals surface area contributed by atoms with Crippen molar-refractivity contribution in [2.75, 3.05) is 6.54 Å². The average Bonchev–Trinajstić information content (AvgIpc) is 2.75. The number of fused-ring (bicyclic) bond motifs is 1. The summed E-state index contributed by atoms with van der Waals surface area (Å²) >= 11 is 0. The molecule has 1 aromatic heterocycles. The van der Waals surface area contributed by atoms with E-state index in [0.717, 1.165) is 50.3 Å². The standard InChI is InChI=1S/C16H25F3N4/c17-16(18,19)12-5-4-6-13(11-12)20-9-8-15-22-21-14-7-2-1-3-10-23(14)15/h12-13,20H,1-11H2/t12-,13-/m0/s1. The van der Waals surface area contributed by atoms with Crippen LogP contribution in [0.2, 0.25) is 0 Å². The predicted molar refractivity (Wildman–Crippen MR) is 81.1 cm³/mol. The molecule has 0 unspecified atom stereocenters. The average molecular weight is 330 g/mol. The van der Waals surface area contributed by atoms with Crippen molar-refractivity contribution >= 4 is 0 Å². The fourth-order valence-electron chi connectivity index (χ4n) is 3.79. The normalized spacial score (nSPS) is 25.9. The van der Waals surface area contributed by atoms with Crippen LogP contribution in [0.3, 0.4) is 0 Å². The van der Waals surface area contributed by atoms with E-state index >= 15 is 0 Å². The lowest BCUT2D eigenvalue weighted by atomic mass is 9.85. The van der Waals surface area contributed by atoms with Gasteiger partial charge < -0.3 is 9.88 Å². The predicted octanol–water partition coefficient (Wildman–Crippen LogP) is 3.26. The summed E-state index contributed by atoms with van der Waals surface area (Å²) < 4.78 is 40.7. The third kappa shape index (κ3) is 4.25. The van der Waals surface area contributed by atoms with E-state index in [1.54, 1.807) is 0 Å². The number of hydrogen-bond acceptors (Lipinski definition) is 3. The van der Waals surface area contributed by atoms with Gasteiger partial charge in [0, 0.05) is 32.0 Å². The minimum absolute atomic E-state index is 0.0260. The highest BCUT2D eigenvalue weighted by Gasteiger charge is 2.41. The van der Waals surface area contributed by atoms with Crippen molar-refractivity contribution in [2.24, 2.45) is 5.92 Å². The third-order valence-corrected chi connectivity index (χ3v) is 5.10. The Morgan fingerprint density at radius 2 is 1.96 bits per heavy atom. The number of aromatic nitrogens is 3. The molecule has 0 bridgehead atoms. The van der Waals surface area contributed by atoms with Crippen molar-refractivity contribution in [3.05, 3.63) is 11.6 Å². The summed E-state index contributed by atoms with van der Waals surface area (Å²) in [5, 5.41) is 11.8. The summed E-state index contributed by atoms with van der Waals surface area (Å²) in [4.78, 5) is 0. The summed E-state index contributed by atoms with van der Waals surface area (Å²) in [6.45, 7) is 1.64. The Balaban J connectivity index is 1.49. The molecule has 7 heteroatoms. The number of halogens is 3. The van der Waals surface area contributed by atoms with Crippen molar-refractivity contribution in [2.45, 2.75) is 76.6 Å². The Hall–Kier alpha value is -1.11. The molecular weight excluding hydrogens is 305 g/mol.